The molecule has 1 amide bonds. The van der Waals surface area contributed by atoms with Crippen LogP contribution in [0.4, 0.5) is 0 Å². The van der Waals surface area contributed by atoms with E-state index in [1.165, 1.54) is 0 Å². The zero-order valence-electron chi connectivity index (χ0n) is 9.22. The van der Waals surface area contributed by atoms with E-state index in [-0.39, 0.29) is 17.8 Å². The van der Waals surface area contributed by atoms with Crippen molar-refractivity contribution in [2.75, 3.05) is 19.7 Å². The van der Waals surface area contributed by atoms with E-state index in [0.717, 1.165) is 5.56 Å². The Morgan fingerprint density at radius 2 is 2.38 bits per heavy atom. The summed E-state index contributed by atoms with van der Waals surface area (Å²) < 4.78 is 5.59. The normalized spacial score (nSPS) is 20.8. The summed E-state index contributed by atoms with van der Waals surface area (Å²) in [5, 5.41) is 9.38. The Kier molecular flexibility index (Phi) is 3.10. The average molecular weight is 221 g/mol. The maximum atomic E-state index is 11.3. The number of rotatable bonds is 1. The van der Waals surface area contributed by atoms with Gasteiger partial charge in [0.05, 0.1) is 13.2 Å². The Labute approximate surface area is 94.4 Å². The van der Waals surface area contributed by atoms with Gasteiger partial charge in [0.15, 0.2) is 0 Å². The lowest BCUT2D eigenvalue weighted by molar-refractivity contribution is -0.136. The first-order chi connectivity index (χ1) is 7.66. The lowest BCUT2D eigenvalue weighted by atomic mass is 10.1. The second kappa shape index (κ2) is 4.53. The second-order valence-electron chi connectivity index (χ2n) is 3.92. The van der Waals surface area contributed by atoms with Crippen molar-refractivity contribution >= 4 is 5.91 Å². The van der Waals surface area contributed by atoms with Crippen LogP contribution in [0.1, 0.15) is 18.6 Å². The average Bonchev–Trinajstić information content (AvgIpc) is 2.29. The SMILES string of the molecule is CC(=O)N1CCOC(c2cccc(O)c2)C1. The topological polar surface area (TPSA) is 49.8 Å². The summed E-state index contributed by atoms with van der Waals surface area (Å²) >= 11 is 0. The number of aromatic hydroxyl groups is 1. The number of nitrogens with zero attached hydrogens (tertiary/aromatic N) is 1. The number of ether oxygens (including phenoxy) is 1. The predicted octanol–water partition coefficient (Wildman–Crippen LogP) is 1.31. The van der Waals surface area contributed by atoms with Gasteiger partial charge < -0.3 is 14.7 Å². The first-order valence-corrected chi connectivity index (χ1v) is 5.33. The maximum Gasteiger partial charge on any atom is 0.219 e. The third kappa shape index (κ3) is 2.33. The molecule has 86 valence electrons. The largest absolute Gasteiger partial charge is 0.508 e. The molecule has 1 saturated heterocycles. The van der Waals surface area contributed by atoms with Crippen molar-refractivity contribution in [1.29, 1.82) is 0 Å². The smallest absolute Gasteiger partial charge is 0.219 e. The summed E-state index contributed by atoms with van der Waals surface area (Å²) in [5.41, 5.74) is 0.908. The molecule has 0 saturated carbocycles. The van der Waals surface area contributed by atoms with Gasteiger partial charge in [0.1, 0.15) is 11.9 Å². The standard InChI is InChI=1S/C12H15NO3/c1-9(14)13-5-6-16-12(8-13)10-3-2-4-11(15)7-10/h2-4,7,12,15H,5-6,8H2,1H3. The third-order valence-corrected chi connectivity index (χ3v) is 2.75. The molecule has 0 aromatic heterocycles. The lowest BCUT2D eigenvalue weighted by Gasteiger charge is -2.32. The van der Waals surface area contributed by atoms with E-state index < -0.39 is 0 Å². The molecule has 2 rings (SSSR count). The summed E-state index contributed by atoms with van der Waals surface area (Å²) in [5.74, 6) is 0.287. The Morgan fingerprint density at radius 3 is 3.06 bits per heavy atom. The van der Waals surface area contributed by atoms with Crippen LogP contribution in [0.15, 0.2) is 24.3 Å². The summed E-state index contributed by atoms with van der Waals surface area (Å²) in [4.78, 5) is 13.0. The van der Waals surface area contributed by atoms with Crippen LogP contribution in [-0.2, 0) is 9.53 Å². The Hall–Kier alpha value is -1.55. The number of benzene rings is 1. The van der Waals surface area contributed by atoms with E-state index >= 15 is 0 Å². The molecule has 0 bridgehead atoms. The summed E-state index contributed by atoms with van der Waals surface area (Å²) in [6.07, 6.45) is -0.134. The fourth-order valence-electron chi connectivity index (χ4n) is 1.86. The molecule has 1 fully saturated rings. The van der Waals surface area contributed by atoms with Crippen molar-refractivity contribution in [2.45, 2.75) is 13.0 Å². The number of morpholine rings is 1. The van der Waals surface area contributed by atoms with Crippen LogP contribution >= 0.6 is 0 Å². The molecule has 0 aliphatic carbocycles. The van der Waals surface area contributed by atoms with Gasteiger partial charge in [0.25, 0.3) is 0 Å². The highest BCUT2D eigenvalue weighted by Crippen LogP contribution is 2.24. The highest BCUT2D eigenvalue weighted by Gasteiger charge is 2.23. The van der Waals surface area contributed by atoms with Gasteiger partial charge in [-0.3, -0.25) is 4.79 Å². The van der Waals surface area contributed by atoms with Crippen molar-refractivity contribution in [3.05, 3.63) is 29.8 Å². The van der Waals surface area contributed by atoms with E-state index in [9.17, 15) is 9.90 Å². The summed E-state index contributed by atoms with van der Waals surface area (Å²) in [6.45, 7) is 3.30. The van der Waals surface area contributed by atoms with Crippen molar-refractivity contribution in [2.24, 2.45) is 0 Å². The third-order valence-electron chi connectivity index (χ3n) is 2.75. The summed E-state index contributed by atoms with van der Waals surface area (Å²) in [7, 11) is 0. The van der Waals surface area contributed by atoms with E-state index in [1.54, 1.807) is 30.0 Å². The second-order valence-corrected chi connectivity index (χ2v) is 3.92. The number of phenolic OH excluding ortho intramolecular Hbond substituents is 1. The minimum atomic E-state index is -0.134. The van der Waals surface area contributed by atoms with Gasteiger partial charge in [-0.05, 0) is 17.7 Å². The molecule has 4 heteroatoms. The highest BCUT2D eigenvalue weighted by molar-refractivity contribution is 5.73. The molecule has 1 unspecified atom stereocenters. The van der Waals surface area contributed by atoms with Crippen molar-refractivity contribution in [1.82, 2.24) is 4.90 Å². The Morgan fingerprint density at radius 1 is 1.56 bits per heavy atom. The predicted molar refractivity (Wildman–Crippen MR) is 59.1 cm³/mol. The highest BCUT2D eigenvalue weighted by atomic mass is 16.5. The Bertz CT molecular complexity index is 392. The van der Waals surface area contributed by atoms with Gasteiger partial charge in [-0.25, -0.2) is 0 Å². The van der Waals surface area contributed by atoms with Gasteiger partial charge in [-0.2, -0.15) is 0 Å². The first kappa shape index (κ1) is 11.0. The van der Waals surface area contributed by atoms with Gasteiger partial charge in [0, 0.05) is 13.5 Å². The van der Waals surface area contributed by atoms with Crippen molar-refractivity contribution < 1.29 is 14.6 Å². The molecule has 1 aliphatic heterocycles. The molecule has 1 heterocycles. The molecule has 1 aromatic carbocycles. The van der Waals surface area contributed by atoms with Crippen LogP contribution in [0.25, 0.3) is 0 Å². The molecular formula is C12H15NO3. The van der Waals surface area contributed by atoms with Crippen LogP contribution in [0.5, 0.6) is 5.75 Å². The number of carbonyl (C=O) groups is 1. The van der Waals surface area contributed by atoms with E-state index in [1.807, 2.05) is 6.07 Å². The summed E-state index contributed by atoms with van der Waals surface area (Å²) in [6, 6.07) is 6.97. The molecule has 4 nitrogen and oxygen atoms in total. The molecule has 1 aromatic rings. The maximum absolute atomic E-state index is 11.3. The van der Waals surface area contributed by atoms with Crippen LogP contribution < -0.4 is 0 Å². The molecule has 0 radical (unpaired) electrons. The molecule has 1 atom stereocenters. The van der Waals surface area contributed by atoms with Crippen molar-refractivity contribution in [3.63, 3.8) is 0 Å². The van der Waals surface area contributed by atoms with Gasteiger partial charge in [-0.15, -0.1) is 0 Å². The monoisotopic (exact) mass is 221 g/mol. The van der Waals surface area contributed by atoms with Crippen LogP contribution in [0.2, 0.25) is 0 Å². The molecule has 16 heavy (non-hydrogen) atoms. The molecule has 1 N–H and O–H groups in total. The van der Waals surface area contributed by atoms with Crippen molar-refractivity contribution in [3.8, 4) is 5.75 Å². The number of hydrogen-bond acceptors (Lipinski definition) is 3. The molecule has 1 aliphatic rings. The lowest BCUT2D eigenvalue weighted by Crippen LogP contribution is -2.41. The Balaban J connectivity index is 2.12. The minimum Gasteiger partial charge on any atom is -0.508 e. The van der Waals surface area contributed by atoms with E-state index in [2.05, 4.69) is 0 Å². The first-order valence-electron chi connectivity index (χ1n) is 5.33. The quantitative estimate of drug-likeness (QED) is 0.778. The fourth-order valence-corrected chi connectivity index (χ4v) is 1.86. The van der Waals surface area contributed by atoms with E-state index in [0.29, 0.717) is 19.7 Å². The van der Waals surface area contributed by atoms with E-state index in [4.69, 9.17) is 4.74 Å². The van der Waals surface area contributed by atoms with Gasteiger partial charge in [-0.1, -0.05) is 12.1 Å². The van der Waals surface area contributed by atoms with Gasteiger partial charge >= 0.3 is 0 Å². The number of carbonyl (C=O) groups excluding carboxylic acids is 1. The zero-order chi connectivity index (χ0) is 11.5. The minimum absolute atomic E-state index is 0.0634. The number of amides is 1. The molecular weight excluding hydrogens is 206 g/mol. The van der Waals surface area contributed by atoms with Crippen LogP contribution in [-0.4, -0.2) is 35.6 Å². The van der Waals surface area contributed by atoms with Crippen LogP contribution in [0.3, 0.4) is 0 Å². The molecule has 0 spiro atoms. The number of hydrogen-bond donors (Lipinski definition) is 1. The van der Waals surface area contributed by atoms with Crippen LogP contribution in [0, 0.1) is 0 Å². The zero-order valence-corrected chi connectivity index (χ0v) is 9.22. The number of phenols is 1. The van der Waals surface area contributed by atoms with Gasteiger partial charge in [0.2, 0.25) is 5.91 Å². The fraction of sp³-hybridized carbons (Fsp3) is 0.417.